The van der Waals surface area contributed by atoms with E-state index in [0.717, 1.165) is 44.9 Å². The minimum Gasteiger partial charge on any atom is -0.394 e. The molecule has 192 valence electrons. The Labute approximate surface area is 210 Å². The second-order valence-corrected chi connectivity index (χ2v) is 14.1. The summed E-state index contributed by atoms with van der Waals surface area (Å²) in [5, 5.41) is 30.8. The van der Waals surface area contributed by atoms with Crippen molar-refractivity contribution in [3.05, 3.63) is 11.6 Å². The zero-order chi connectivity index (χ0) is 25.6. The van der Waals surface area contributed by atoms with Crippen molar-refractivity contribution in [3.63, 3.8) is 0 Å². The highest BCUT2D eigenvalue weighted by atomic mass is 16.3. The fraction of sp³-hybridized carbons (Fsp3) is 0.833. The molecule has 10 unspecified atom stereocenters. The molecule has 0 radical (unpaired) electrons. The van der Waals surface area contributed by atoms with Gasteiger partial charge in [0, 0.05) is 23.7 Å². The quantitative estimate of drug-likeness (QED) is 0.587. The third-order valence-electron chi connectivity index (χ3n) is 12.2. The van der Waals surface area contributed by atoms with Crippen LogP contribution in [-0.4, -0.2) is 34.5 Å². The standard InChI is InChI=1S/C30H43NO4/c1-17-19-6-8-28(4)20-7-9-30(24(34)16-32)11-10-27(2,3)14-21(30)25(20)22(33)12-23(28)29(19,5)13-18(15-31)26(17)35/h13,17,19-21,23-25,32,34H,6-12,14,16H2,1-5H3. The van der Waals surface area contributed by atoms with Crippen LogP contribution in [0.25, 0.3) is 0 Å². The van der Waals surface area contributed by atoms with Crippen molar-refractivity contribution in [1.82, 2.24) is 0 Å². The van der Waals surface area contributed by atoms with E-state index in [1.165, 1.54) is 0 Å². The number of nitrogens with zero attached hydrogens (tertiary/aromatic N) is 1. The Kier molecular flexibility index (Phi) is 5.74. The van der Waals surface area contributed by atoms with E-state index in [0.29, 0.717) is 12.2 Å². The van der Waals surface area contributed by atoms with Gasteiger partial charge in [-0.15, -0.1) is 0 Å². The minimum absolute atomic E-state index is 0.0385. The molecule has 5 heteroatoms. The molecule has 0 heterocycles. The van der Waals surface area contributed by atoms with Crippen LogP contribution in [0.5, 0.6) is 0 Å². The highest BCUT2D eigenvalue weighted by Gasteiger charge is 2.67. The third kappa shape index (κ3) is 3.31. The molecule has 10 atom stereocenters. The molecular formula is C30H43NO4. The summed E-state index contributed by atoms with van der Waals surface area (Å²) in [5.41, 5.74) is -0.352. The van der Waals surface area contributed by atoms with Crippen LogP contribution in [-0.2, 0) is 9.59 Å². The Morgan fingerprint density at radius 3 is 2.40 bits per heavy atom. The predicted octanol–water partition coefficient (Wildman–Crippen LogP) is 4.86. The van der Waals surface area contributed by atoms with E-state index >= 15 is 0 Å². The van der Waals surface area contributed by atoms with Gasteiger partial charge in [-0.2, -0.15) is 5.26 Å². The number of aliphatic hydroxyl groups excluding tert-OH is 2. The summed E-state index contributed by atoms with van der Waals surface area (Å²) in [7, 11) is 0. The Morgan fingerprint density at radius 2 is 1.74 bits per heavy atom. The lowest BCUT2D eigenvalue weighted by Gasteiger charge is -2.67. The number of Topliss-reactive ketones (excluding diaryl/α,β-unsaturated/α-hetero) is 2. The number of hydrogen-bond donors (Lipinski definition) is 2. The van der Waals surface area contributed by atoms with Crippen molar-refractivity contribution in [2.45, 2.75) is 92.1 Å². The molecule has 5 aliphatic carbocycles. The highest BCUT2D eigenvalue weighted by Crippen LogP contribution is 2.71. The van der Waals surface area contributed by atoms with Crippen molar-refractivity contribution < 1.29 is 19.8 Å². The van der Waals surface area contributed by atoms with Gasteiger partial charge in [0.1, 0.15) is 11.9 Å². The first-order valence-electron chi connectivity index (χ1n) is 13.8. The minimum atomic E-state index is -0.776. The van der Waals surface area contributed by atoms with Gasteiger partial charge in [-0.05, 0) is 84.9 Å². The number of rotatable bonds is 2. The monoisotopic (exact) mass is 481 g/mol. The molecule has 5 nitrogen and oxygen atoms in total. The first-order valence-corrected chi connectivity index (χ1v) is 13.8. The fourth-order valence-corrected chi connectivity index (χ4v) is 10.3. The molecule has 0 aliphatic heterocycles. The van der Waals surface area contributed by atoms with Crippen LogP contribution < -0.4 is 0 Å². The summed E-state index contributed by atoms with van der Waals surface area (Å²) in [6.45, 7) is 10.9. The number of fused-ring (bicyclic) bond motifs is 7. The summed E-state index contributed by atoms with van der Waals surface area (Å²) in [6.07, 6.45) is 8.18. The molecule has 5 rings (SSSR count). The first-order chi connectivity index (χ1) is 16.3. The lowest BCUT2D eigenvalue weighted by Crippen LogP contribution is -2.65. The van der Waals surface area contributed by atoms with E-state index in [-0.39, 0.29) is 75.1 Å². The molecule has 35 heavy (non-hydrogen) atoms. The molecule has 0 bridgehead atoms. The maximum atomic E-state index is 14.2. The Bertz CT molecular complexity index is 1010. The van der Waals surface area contributed by atoms with E-state index in [1.54, 1.807) is 0 Å². The average Bonchev–Trinajstić information content (AvgIpc) is 2.81. The largest absolute Gasteiger partial charge is 0.394 e. The summed E-state index contributed by atoms with van der Waals surface area (Å²) in [6, 6.07) is 2.16. The van der Waals surface area contributed by atoms with Gasteiger partial charge >= 0.3 is 0 Å². The van der Waals surface area contributed by atoms with E-state index in [1.807, 2.05) is 13.0 Å². The number of aliphatic hydroxyl groups is 2. The van der Waals surface area contributed by atoms with Crippen LogP contribution in [0.3, 0.4) is 0 Å². The molecule has 4 saturated carbocycles. The van der Waals surface area contributed by atoms with Gasteiger partial charge in [-0.1, -0.05) is 40.7 Å². The second-order valence-electron chi connectivity index (χ2n) is 14.1. The van der Waals surface area contributed by atoms with Gasteiger partial charge in [0.25, 0.3) is 0 Å². The Hall–Kier alpha value is -1.51. The molecule has 0 amide bonds. The molecule has 0 aromatic carbocycles. The van der Waals surface area contributed by atoms with Crippen LogP contribution in [0.15, 0.2) is 11.6 Å². The molecule has 0 aromatic rings. The van der Waals surface area contributed by atoms with Crippen molar-refractivity contribution in [3.8, 4) is 6.07 Å². The molecular weight excluding hydrogens is 438 g/mol. The summed E-state index contributed by atoms with van der Waals surface area (Å²) >= 11 is 0. The van der Waals surface area contributed by atoms with Crippen LogP contribution in [0, 0.1) is 68.5 Å². The van der Waals surface area contributed by atoms with E-state index in [2.05, 4.69) is 33.8 Å². The van der Waals surface area contributed by atoms with Crippen LogP contribution >= 0.6 is 0 Å². The summed E-state index contributed by atoms with van der Waals surface area (Å²) in [5.74, 6) is 0.644. The molecule has 2 N–H and O–H groups in total. The number of carbonyl (C=O) groups is 2. The second kappa shape index (κ2) is 7.99. The SMILES string of the molecule is CC1C(=O)C(C#N)=CC2(C)C1CCC1(C)C3CCC4(C(O)CO)CCC(C)(C)CC4C3C(=O)CC21. The van der Waals surface area contributed by atoms with Gasteiger partial charge in [0.2, 0.25) is 0 Å². The molecule has 0 saturated heterocycles. The van der Waals surface area contributed by atoms with Gasteiger partial charge in [-0.25, -0.2) is 0 Å². The zero-order valence-electron chi connectivity index (χ0n) is 22.1. The van der Waals surface area contributed by atoms with Gasteiger partial charge in [-0.3, -0.25) is 9.59 Å². The number of allylic oxidation sites excluding steroid dienone is 2. The maximum absolute atomic E-state index is 14.2. The van der Waals surface area contributed by atoms with Crippen LogP contribution in [0.2, 0.25) is 0 Å². The normalized spacial score (nSPS) is 49.5. The van der Waals surface area contributed by atoms with E-state index in [9.17, 15) is 25.1 Å². The van der Waals surface area contributed by atoms with Crippen LogP contribution in [0.1, 0.15) is 86.0 Å². The third-order valence-corrected chi connectivity index (χ3v) is 12.2. The van der Waals surface area contributed by atoms with Crippen LogP contribution in [0.4, 0.5) is 0 Å². The zero-order valence-corrected chi connectivity index (χ0v) is 22.1. The molecule has 0 aromatic heterocycles. The smallest absolute Gasteiger partial charge is 0.176 e. The number of ketones is 2. The van der Waals surface area contributed by atoms with E-state index in [4.69, 9.17) is 0 Å². The average molecular weight is 482 g/mol. The van der Waals surface area contributed by atoms with Crippen molar-refractivity contribution >= 4 is 11.6 Å². The molecule has 4 fully saturated rings. The number of carbonyl (C=O) groups excluding carboxylic acids is 2. The van der Waals surface area contributed by atoms with Gasteiger partial charge in [0.15, 0.2) is 5.78 Å². The maximum Gasteiger partial charge on any atom is 0.176 e. The first kappa shape index (κ1) is 25.2. The van der Waals surface area contributed by atoms with Crippen molar-refractivity contribution in [1.29, 1.82) is 5.26 Å². The number of hydrogen-bond acceptors (Lipinski definition) is 5. The van der Waals surface area contributed by atoms with Crippen molar-refractivity contribution in [2.75, 3.05) is 6.61 Å². The summed E-state index contributed by atoms with van der Waals surface area (Å²) < 4.78 is 0. The topological polar surface area (TPSA) is 98.4 Å². The lowest BCUT2D eigenvalue weighted by molar-refractivity contribution is -0.202. The molecule has 5 aliphatic rings. The lowest BCUT2D eigenvalue weighted by atomic mass is 9.36. The van der Waals surface area contributed by atoms with Crippen molar-refractivity contribution in [2.24, 2.45) is 57.2 Å². The van der Waals surface area contributed by atoms with Gasteiger partial charge < -0.3 is 10.2 Å². The van der Waals surface area contributed by atoms with E-state index < -0.39 is 6.10 Å². The predicted molar refractivity (Wildman–Crippen MR) is 133 cm³/mol. The van der Waals surface area contributed by atoms with Gasteiger partial charge in [0.05, 0.1) is 18.3 Å². The summed E-state index contributed by atoms with van der Waals surface area (Å²) in [4.78, 5) is 27.0. The Balaban J connectivity index is 1.58. The Morgan fingerprint density at radius 1 is 1.06 bits per heavy atom. The molecule has 0 spiro atoms. The fourth-order valence-electron chi connectivity index (χ4n) is 10.3. The number of nitriles is 1. The highest BCUT2D eigenvalue weighted by molar-refractivity contribution is 6.01.